The van der Waals surface area contributed by atoms with Crippen LogP contribution in [-0.4, -0.2) is 97.1 Å². The van der Waals surface area contributed by atoms with Crippen molar-refractivity contribution in [2.75, 3.05) is 39.2 Å². The predicted octanol–water partition coefficient (Wildman–Crippen LogP) is 8.44. The van der Waals surface area contributed by atoms with Gasteiger partial charge in [0, 0.05) is 31.6 Å². The molecule has 3 aliphatic rings. The zero-order chi connectivity index (χ0) is 50.8. The summed E-state index contributed by atoms with van der Waals surface area (Å²) >= 11 is 0. The normalized spacial score (nSPS) is 17.5. The summed E-state index contributed by atoms with van der Waals surface area (Å²) in [4.78, 5) is 95.4. The summed E-state index contributed by atoms with van der Waals surface area (Å²) in [7, 11) is 3.16. The number of methoxy groups -OCH3 is 2. The lowest BCUT2D eigenvalue weighted by Gasteiger charge is -2.37. The first-order valence-corrected chi connectivity index (χ1v) is 24.8. The van der Waals surface area contributed by atoms with Gasteiger partial charge in [0.25, 0.3) is 11.8 Å². The second kappa shape index (κ2) is 23.7. The molecule has 4 aromatic rings. The van der Waals surface area contributed by atoms with E-state index < -0.39 is 53.7 Å². The van der Waals surface area contributed by atoms with Gasteiger partial charge in [0.05, 0.1) is 31.3 Å². The molecule has 2 fully saturated rings. The number of hydrogen-bond donors (Lipinski definition) is 2. The molecule has 7 rings (SSSR count). The molecule has 3 heterocycles. The Balaban J connectivity index is 0.948. The minimum absolute atomic E-state index is 0.0431. The van der Waals surface area contributed by atoms with E-state index in [4.69, 9.17) is 18.9 Å². The summed E-state index contributed by atoms with van der Waals surface area (Å²) < 4.78 is 23.6. The fraction of sp³-hybridized carbons (Fsp3) is 0.446. The summed E-state index contributed by atoms with van der Waals surface area (Å²) in [5.41, 5.74) is 6.75. The largest absolute Gasteiger partial charge is 0.493 e. The predicted molar refractivity (Wildman–Crippen MR) is 267 cm³/mol. The van der Waals surface area contributed by atoms with Crippen LogP contribution in [0.25, 0.3) is 0 Å². The Morgan fingerprint density at radius 2 is 1.62 bits per heavy atom. The Labute approximate surface area is 415 Å². The van der Waals surface area contributed by atoms with Gasteiger partial charge in [-0.15, -0.1) is 0 Å². The van der Waals surface area contributed by atoms with Gasteiger partial charge in [-0.05, 0) is 142 Å². The van der Waals surface area contributed by atoms with Crippen molar-refractivity contribution in [3.63, 3.8) is 0 Å². The number of Topliss-reactive ketones (excluding diaryl/α,β-unsaturated/α-hetero) is 1. The van der Waals surface area contributed by atoms with Crippen molar-refractivity contribution >= 4 is 47.0 Å². The molecule has 0 bridgehead atoms. The number of piperidine rings is 2. The van der Waals surface area contributed by atoms with Gasteiger partial charge in [-0.1, -0.05) is 55.8 Å². The zero-order valence-corrected chi connectivity index (χ0v) is 41.7. The van der Waals surface area contributed by atoms with E-state index in [1.165, 1.54) is 11.1 Å². The number of nitrogens with zero attached hydrogens (tertiary/aromatic N) is 2. The molecule has 0 radical (unpaired) electrons. The second-order valence-corrected chi connectivity index (χ2v) is 18.8. The Hall–Kier alpha value is -7.03. The van der Waals surface area contributed by atoms with E-state index in [1.54, 1.807) is 43.4 Å². The van der Waals surface area contributed by atoms with Crippen LogP contribution in [0.1, 0.15) is 144 Å². The van der Waals surface area contributed by atoms with Crippen LogP contribution in [0.5, 0.6) is 17.2 Å². The molecule has 0 aliphatic carbocycles. The van der Waals surface area contributed by atoms with Crippen LogP contribution in [0.2, 0.25) is 0 Å². The topological polar surface area (TPSA) is 187 Å². The molecule has 15 nitrogen and oxygen atoms in total. The quantitative estimate of drug-likeness (QED) is 0.0436. The number of carbonyl (C=O) groups is 7. The Morgan fingerprint density at radius 1 is 0.817 bits per heavy atom. The molecular formula is C56H66N4O11. The van der Waals surface area contributed by atoms with E-state index >= 15 is 0 Å². The van der Waals surface area contributed by atoms with Crippen molar-refractivity contribution in [3.05, 3.63) is 117 Å². The highest BCUT2D eigenvalue weighted by Gasteiger charge is 2.46. The van der Waals surface area contributed by atoms with Gasteiger partial charge in [0.1, 0.15) is 30.5 Å². The average Bonchev–Trinajstić information content (AvgIpc) is 3.62. The van der Waals surface area contributed by atoms with Crippen molar-refractivity contribution in [1.29, 1.82) is 0 Å². The Bertz CT molecular complexity index is 2660. The number of aryl methyl sites for hydroxylation is 4. The van der Waals surface area contributed by atoms with Crippen molar-refractivity contribution in [1.82, 2.24) is 15.1 Å². The molecule has 15 heteroatoms. The lowest BCUT2D eigenvalue weighted by atomic mass is 9.91. The number of ketones is 1. The van der Waals surface area contributed by atoms with E-state index in [0.717, 1.165) is 40.0 Å². The first kappa shape index (κ1) is 51.8. The number of benzene rings is 4. The molecule has 2 saturated heterocycles. The van der Waals surface area contributed by atoms with Crippen LogP contribution in [0.15, 0.2) is 72.8 Å². The minimum Gasteiger partial charge on any atom is -0.493 e. The van der Waals surface area contributed by atoms with Gasteiger partial charge >= 0.3 is 5.97 Å². The molecule has 71 heavy (non-hydrogen) atoms. The van der Waals surface area contributed by atoms with Crippen molar-refractivity contribution < 1.29 is 52.5 Å². The molecule has 0 spiro atoms. The first-order chi connectivity index (χ1) is 34.2. The summed E-state index contributed by atoms with van der Waals surface area (Å²) in [5.74, 6) is -1.75. The summed E-state index contributed by atoms with van der Waals surface area (Å²) in [6, 6.07) is 20.6. The second-order valence-electron chi connectivity index (χ2n) is 18.8. The number of carbonyl (C=O) groups excluding carboxylic acids is 7. The number of hydrogen-bond acceptors (Lipinski definition) is 12. The van der Waals surface area contributed by atoms with E-state index in [9.17, 15) is 33.6 Å². The van der Waals surface area contributed by atoms with E-state index in [0.29, 0.717) is 87.4 Å². The number of esters is 1. The summed E-state index contributed by atoms with van der Waals surface area (Å²) in [5, 5.41) is 5.46. The Kier molecular flexibility index (Phi) is 17.3. The fourth-order valence-corrected chi connectivity index (χ4v) is 9.90. The molecule has 1 unspecified atom stereocenters. The minimum atomic E-state index is -1.04. The van der Waals surface area contributed by atoms with Crippen molar-refractivity contribution in [2.45, 2.75) is 129 Å². The van der Waals surface area contributed by atoms with E-state index in [1.807, 2.05) is 44.2 Å². The van der Waals surface area contributed by atoms with Gasteiger partial charge in [0.2, 0.25) is 17.7 Å². The lowest BCUT2D eigenvalue weighted by Crippen LogP contribution is -2.54. The molecular weight excluding hydrogens is 905 g/mol. The van der Waals surface area contributed by atoms with Crippen LogP contribution in [-0.2, 0) is 35.1 Å². The van der Waals surface area contributed by atoms with Crippen LogP contribution in [0.3, 0.4) is 0 Å². The van der Waals surface area contributed by atoms with E-state index in [2.05, 4.69) is 42.7 Å². The van der Waals surface area contributed by atoms with E-state index in [-0.39, 0.29) is 42.3 Å². The highest BCUT2D eigenvalue weighted by molar-refractivity contribution is 6.25. The number of anilines is 1. The maximum Gasteiger partial charge on any atom is 0.329 e. The number of ether oxygens (including phenoxy) is 4. The highest BCUT2D eigenvalue weighted by Crippen LogP contribution is 2.38. The third-order valence-corrected chi connectivity index (χ3v) is 13.9. The number of unbranched alkanes of at least 4 members (excludes halogenated alkanes) is 2. The van der Waals surface area contributed by atoms with Crippen molar-refractivity contribution in [3.8, 4) is 17.2 Å². The number of nitrogens with one attached hydrogen (secondary N) is 2. The first-order valence-electron chi connectivity index (χ1n) is 24.8. The molecule has 0 saturated carbocycles. The van der Waals surface area contributed by atoms with Gasteiger partial charge in [-0.2, -0.15) is 0 Å². The zero-order valence-electron chi connectivity index (χ0n) is 41.7. The number of imide groups is 2. The smallest absolute Gasteiger partial charge is 0.329 e. The number of fused-ring (bicyclic) bond motifs is 1. The average molecular weight is 971 g/mol. The SMILES string of the molecule is CC[C@H](C(=O)N1CCCC[C@H]1C(=O)O[C@H](CCc1ccc(C)c(C)c1)c1cccc(OCC(=O)CCCCCNc2cccc3c2C(=O)N(C2CCC(=O)NC2=O)C3=O)c1)c1cc(C)c(OC)c(OC)c1. The number of amides is 5. The van der Waals surface area contributed by atoms with Gasteiger partial charge in [-0.3, -0.25) is 39.0 Å². The van der Waals surface area contributed by atoms with Crippen LogP contribution in [0.4, 0.5) is 5.69 Å². The van der Waals surface area contributed by atoms with Gasteiger partial charge < -0.3 is 29.2 Å². The van der Waals surface area contributed by atoms with Gasteiger partial charge in [-0.25, -0.2) is 4.79 Å². The number of rotatable bonds is 22. The molecule has 376 valence electrons. The highest BCUT2D eigenvalue weighted by atomic mass is 16.5. The summed E-state index contributed by atoms with van der Waals surface area (Å²) in [6.07, 6.45) is 5.47. The summed E-state index contributed by atoms with van der Waals surface area (Å²) in [6.45, 7) is 8.82. The van der Waals surface area contributed by atoms with Crippen molar-refractivity contribution in [2.24, 2.45) is 0 Å². The molecule has 5 amide bonds. The molecule has 3 aliphatic heterocycles. The Morgan fingerprint density at radius 3 is 2.37 bits per heavy atom. The fourth-order valence-electron chi connectivity index (χ4n) is 9.90. The van der Waals surface area contributed by atoms with Crippen LogP contribution >= 0.6 is 0 Å². The van der Waals surface area contributed by atoms with Crippen LogP contribution < -0.4 is 24.8 Å². The monoisotopic (exact) mass is 970 g/mol. The maximum atomic E-state index is 14.5. The molecule has 2 N–H and O–H groups in total. The third kappa shape index (κ3) is 12.1. The third-order valence-electron chi connectivity index (χ3n) is 13.9. The van der Waals surface area contributed by atoms with Crippen LogP contribution in [0, 0.1) is 20.8 Å². The maximum absolute atomic E-state index is 14.5. The standard InChI is InChI=1S/C56H66N4O11/c1-7-42(39-30-36(4)51(69-6)48(32-39)68-5)53(64)59-28-12-10-20-46(59)56(67)71-47(25-23-37-22-21-34(2)35(3)29-37)38-15-13-17-41(31-38)70-33-40(61)16-9-8-11-27-57-44-19-14-18-43-50(44)55(66)60(54(43)65)45-24-26-49(62)58-52(45)63/h13-15,17-19,21-22,29-32,42,45-47,57H,7-12,16,20,23-28,33H2,1-6H3,(H,58,62,63)/t42-,45?,46-,47+/m0/s1. The van der Waals surface area contributed by atoms with Gasteiger partial charge in [0.15, 0.2) is 17.3 Å². The molecule has 4 atom stereocenters. The molecule has 4 aromatic carbocycles. The lowest BCUT2D eigenvalue weighted by molar-refractivity contribution is -0.162. The molecule has 0 aromatic heterocycles. The number of likely N-dealkylation sites (tertiary alicyclic amines) is 1.